The van der Waals surface area contributed by atoms with E-state index in [0.29, 0.717) is 5.92 Å². The minimum Gasteiger partial charge on any atom is -0.469 e. The largest absolute Gasteiger partial charge is 0.469 e. The summed E-state index contributed by atoms with van der Waals surface area (Å²) in [5, 5.41) is -0.180. The lowest BCUT2D eigenvalue weighted by molar-refractivity contribution is -0.141. The van der Waals surface area contributed by atoms with Crippen molar-refractivity contribution in [3.63, 3.8) is 0 Å². The number of esters is 1. The van der Waals surface area contributed by atoms with Gasteiger partial charge in [-0.25, -0.2) is 8.42 Å². The molecule has 0 atom stereocenters. The minimum atomic E-state index is -3.07. The molecule has 5 heteroatoms. The van der Waals surface area contributed by atoms with Gasteiger partial charge in [0.15, 0.2) is 9.84 Å². The number of sulfone groups is 1. The monoisotopic (exact) mass is 302 g/mol. The van der Waals surface area contributed by atoms with Crippen LogP contribution in [0.1, 0.15) is 58.3 Å². The van der Waals surface area contributed by atoms with Gasteiger partial charge >= 0.3 is 5.97 Å². The molecule has 116 valence electrons. The summed E-state index contributed by atoms with van der Waals surface area (Å²) in [5.41, 5.74) is -0.312. The molecule has 0 amide bonds. The number of hydrogen-bond donors (Lipinski definition) is 0. The fourth-order valence-corrected chi connectivity index (χ4v) is 5.84. The van der Waals surface area contributed by atoms with Crippen molar-refractivity contribution in [2.24, 2.45) is 11.3 Å². The summed E-state index contributed by atoms with van der Waals surface area (Å²) < 4.78 is 29.8. The molecule has 2 saturated carbocycles. The summed E-state index contributed by atoms with van der Waals surface area (Å²) in [4.78, 5) is 11.4. The quantitative estimate of drug-likeness (QED) is 0.708. The zero-order valence-corrected chi connectivity index (χ0v) is 13.4. The molecule has 0 radical (unpaired) electrons. The Morgan fingerprint density at radius 2 is 1.80 bits per heavy atom. The Morgan fingerprint density at radius 1 is 1.20 bits per heavy atom. The fraction of sp³-hybridized carbons (Fsp3) is 0.933. The lowest BCUT2D eigenvalue weighted by atomic mass is 9.87. The molecule has 0 spiro atoms. The van der Waals surface area contributed by atoms with Gasteiger partial charge < -0.3 is 4.74 Å². The third kappa shape index (κ3) is 3.74. The topological polar surface area (TPSA) is 60.4 Å². The van der Waals surface area contributed by atoms with Crippen LogP contribution in [0, 0.1) is 11.3 Å². The van der Waals surface area contributed by atoms with Crippen molar-refractivity contribution < 1.29 is 17.9 Å². The smallest absolute Gasteiger partial charge is 0.306 e. The average molecular weight is 302 g/mol. The van der Waals surface area contributed by atoms with Gasteiger partial charge in [-0.2, -0.15) is 0 Å². The zero-order valence-electron chi connectivity index (χ0n) is 12.6. The maximum absolute atomic E-state index is 12.6. The first-order valence-corrected chi connectivity index (χ1v) is 9.41. The van der Waals surface area contributed by atoms with Crippen molar-refractivity contribution in [1.82, 2.24) is 0 Å². The second-order valence-corrected chi connectivity index (χ2v) is 8.89. The zero-order chi connectivity index (χ0) is 14.8. The number of carbonyl (C=O) groups is 1. The third-order valence-corrected chi connectivity index (χ3v) is 7.59. The second-order valence-electron chi connectivity index (χ2n) is 6.61. The normalized spacial score (nSPS) is 28.9. The van der Waals surface area contributed by atoms with Crippen LogP contribution < -0.4 is 0 Å². The molecular weight excluding hydrogens is 276 g/mol. The van der Waals surface area contributed by atoms with E-state index in [0.717, 1.165) is 44.9 Å². The Hall–Kier alpha value is -0.580. The molecular formula is C15H26O4S. The van der Waals surface area contributed by atoms with Crippen LogP contribution in [0.5, 0.6) is 0 Å². The Kier molecular flexibility index (Phi) is 4.77. The van der Waals surface area contributed by atoms with E-state index in [1.165, 1.54) is 7.11 Å². The molecule has 0 aliphatic heterocycles. The lowest BCUT2D eigenvalue weighted by Gasteiger charge is -2.28. The van der Waals surface area contributed by atoms with Gasteiger partial charge in [-0.1, -0.05) is 13.3 Å². The van der Waals surface area contributed by atoms with E-state index in [4.69, 9.17) is 0 Å². The van der Waals surface area contributed by atoms with Gasteiger partial charge in [0, 0.05) is 0 Å². The Morgan fingerprint density at radius 3 is 2.25 bits per heavy atom. The number of methoxy groups -OCH3 is 1. The van der Waals surface area contributed by atoms with Gasteiger partial charge in [0.2, 0.25) is 0 Å². The number of hydrogen-bond acceptors (Lipinski definition) is 4. The highest BCUT2D eigenvalue weighted by Crippen LogP contribution is 2.51. The predicted octanol–water partition coefficient (Wildman–Crippen LogP) is 2.71. The first kappa shape index (κ1) is 15.8. The maximum Gasteiger partial charge on any atom is 0.306 e. The molecule has 0 N–H and O–H groups in total. The molecule has 2 aliphatic rings. The van der Waals surface area contributed by atoms with Crippen LogP contribution in [0.25, 0.3) is 0 Å². The van der Waals surface area contributed by atoms with E-state index in [9.17, 15) is 13.2 Å². The molecule has 0 saturated heterocycles. The molecule has 20 heavy (non-hydrogen) atoms. The van der Waals surface area contributed by atoms with E-state index >= 15 is 0 Å². The van der Waals surface area contributed by atoms with Gasteiger partial charge in [-0.05, 0) is 49.9 Å². The van der Waals surface area contributed by atoms with Crippen molar-refractivity contribution in [3.05, 3.63) is 0 Å². The first-order valence-electron chi connectivity index (χ1n) is 7.69. The lowest BCUT2D eigenvalue weighted by Crippen LogP contribution is -2.32. The molecule has 0 aromatic rings. The summed E-state index contributed by atoms with van der Waals surface area (Å²) in [5.74, 6) is 0.593. The van der Waals surface area contributed by atoms with E-state index in [1.807, 2.05) is 0 Å². The van der Waals surface area contributed by atoms with Gasteiger partial charge in [0.05, 0.1) is 24.5 Å². The number of carbonyl (C=O) groups excluding carboxylic acids is 1. The van der Waals surface area contributed by atoms with Gasteiger partial charge in [0.1, 0.15) is 0 Å². The summed E-state index contributed by atoms with van der Waals surface area (Å²) in [6, 6.07) is 0. The van der Waals surface area contributed by atoms with E-state index in [-0.39, 0.29) is 28.8 Å². The molecule has 0 unspecified atom stereocenters. The van der Waals surface area contributed by atoms with Crippen LogP contribution in [0.2, 0.25) is 0 Å². The average Bonchev–Trinajstić information content (AvgIpc) is 3.17. The van der Waals surface area contributed by atoms with Crippen molar-refractivity contribution in [2.75, 3.05) is 12.9 Å². The predicted molar refractivity (Wildman–Crippen MR) is 78.1 cm³/mol. The molecule has 0 bridgehead atoms. The SMILES string of the molecule is CCC1CCC(S(=O)(=O)CC2(CC(=O)OC)CC2)CC1. The molecule has 2 rings (SSSR count). The Labute approximate surface area is 122 Å². The molecule has 0 aromatic carbocycles. The summed E-state index contributed by atoms with van der Waals surface area (Å²) in [6.45, 7) is 2.18. The first-order chi connectivity index (χ1) is 9.41. The van der Waals surface area contributed by atoms with Crippen LogP contribution in [0.15, 0.2) is 0 Å². The van der Waals surface area contributed by atoms with Crippen LogP contribution in [0.3, 0.4) is 0 Å². The minimum absolute atomic E-state index is 0.177. The van der Waals surface area contributed by atoms with E-state index < -0.39 is 9.84 Å². The van der Waals surface area contributed by atoms with Crippen molar-refractivity contribution >= 4 is 15.8 Å². The van der Waals surface area contributed by atoms with E-state index in [1.54, 1.807) is 0 Å². The summed E-state index contributed by atoms with van der Waals surface area (Å²) >= 11 is 0. The maximum atomic E-state index is 12.6. The number of ether oxygens (including phenoxy) is 1. The van der Waals surface area contributed by atoms with Crippen LogP contribution in [-0.2, 0) is 19.4 Å². The standard InChI is InChI=1S/C15H26O4S/c1-3-12-4-6-13(7-5-12)20(17,18)11-15(8-9-15)10-14(16)19-2/h12-13H,3-11H2,1-2H3. The molecule has 2 fully saturated rings. The van der Waals surface area contributed by atoms with Gasteiger partial charge in [0.25, 0.3) is 0 Å². The third-order valence-electron chi connectivity index (χ3n) is 5.09. The summed E-state index contributed by atoms with van der Waals surface area (Å²) in [7, 11) is -1.71. The molecule has 0 heterocycles. The van der Waals surface area contributed by atoms with Crippen LogP contribution in [0.4, 0.5) is 0 Å². The molecule has 4 nitrogen and oxygen atoms in total. The highest BCUT2D eigenvalue weighted by atomic mass is 32.2. The molecule has 0 aromatic heterocycles. The fourth-order valence-electron chi connectivity index (χ4n) is 3.37. The molecule has 2 aliphatic carbocycles. The van der Waals surface area contributed by atoms with Gasteiger partial charge in [-0.3, -0.25) is 4.79 Å². The Bertz CT molecular complexity index is 442. The summed E-state index contributed by atoms with van der Waals surface area (Å²) in [6.07, 6.45) is 6.75. The highest BCUT2D eigenvalue weighted by molar-refractivity contribution is 7.92. The second kappa shape index (κ2) is 6.04. The van der Waals surface area contributed by atoms with Crippen molar-refractivity contribution in [2.45, 2.75) is 63.5 Å². The van der Waals surface area contributed by atoms with Gasteiger partial charge in [-0.15, -0.1) is 0 Å². The van der Waals surface area contributed by atoms with E-state index in [2.05, 4.69) is 11.7 Å². The van der Waals surface area contributed by atoms with Crippen molar-refractivity contribution in [1.29, 1.82) is 0 Å². The number of rotatable bonds is 6. The van der Waals surface area contributed by atoms with Crippen LogP contribution >= 0.6 is 0 Å². The van der Waals surface area contributed by atoms with Crippen LogP contribution in [-0.4, -0.2) is 32.5 Å². The Balaban J connectivity index is 1.93. The van der Waals surface area contributed by atoms with Crippen molar-refractivity contribution in [3.8, 4) is 0 Å². The highest BCUT2D eigenvalue weighted by Gasteiger charge is 2.49.